The summed E-state index contributed by atoms with van der Waals surface area (Å²) in [5, 5.41) is 20.7. The summed E-state index contributed by atoms with van der Waals surface area (Å²) in [5.74, 6) is 3.13. The van der Waals surface area contributed by atoms with E-state index in [4.69, 9.17) is 13.6 Å². The molecule has 2 aliphatic rings. The number of aliphatic hydroxyl groups excluding tert-OH is 2. The van der Waals surface area contributed by atoms with Crippen LogP contribution < -0.4 is 4.74 Å². The normalized spacial score (nSPS) is 18.8. The van der Waals surface area contributed by atoms with E-state index in [0.29, 0.717) is 31.3 Å². The number of aryl methyl sites for hydroxylation is 2. The summed E-state index contributed by atoms with van der Waals surface area (Å²) in [6.07, 6.45) is 20.2. The van der Waals surface area contributed by atoms with Crippen LogP contribution >= 0.6 is 0 Å². The molecular formula is C59H96O5Si2. The van der Waals surface area contributed by atoms with Gasteiger partial charge in [-0.05, 0) is 189 Å². The predicted octanol–water partition coefficient (Wildman–Crippen LogP) is 14.7. The second kappa shape index (κ2) is 24.5. The van der Waals surface area contributed by atoms with Crippen molar-refractivity contribution in [1.29, 1.82) is 0 Å². The van der Waals surface area contributed by atoms with E-state index >= 15 is 0 Å². The molecule has 5 nitrogen and oxygen atoms in total. The fourth-order valence-electron chi connectivity index (χ4n) is 11.1. The van der Waals surface area contributed by atoms with Crippen LogP contribution in [0.3, 0.4) is 0 Å². The Hall–Kier alpha value is -2.27. The third kappa shape index (κ3) is 15.1. The first-order valence-corrected chi connectivity index (χ1v) is 29.4. The van der Waals surface area contributed by atoms with Gasteiger partial charge in [0.2, 0.25) is 0 Å². The van der Waals surface area contributed by atoms with Crippen LogP contribution in [0.4, 0.5) is 0 Å². The molecule has 7 heteroatoms. The number of hydrogen-bond donors (Lipinski definition) is 2. The van der Waals surface area contributed by atoms with E-state index in [-0.39, 0.29) is 28.7 Å². The first kappa shape index (κ1) is 54.7. The van der Waals surface area contributed by atoms with E-state index in [1.165, 1.54) is 97.6 Å². The van der Waals surface area contributed by atoms with Crippen molar-refractivity contribution in [3.8, 4) is 28.0 Å². The van der Waals surface area contributed by atoms with Crippen LogP contribution in [-0.4, -0.2) is 60.8 Å². The van der Waals surface area contributed by atoms with Crippen molar-refractivity contribution < 1.29 is 23.8 Å². The van der Waals surface area contributed by atoms with E-state index in [1.807, 2.05) is 0 Å². The van der Waals surface area contributed by atoms with Crippen molar-refractivity contribution in [1.82, 2.24) is 0 Å². The van der Waals surface area contributed by atoms with E-state index < -0.39 is 30.7 Å². The van der Waals surface area contributed by atoms with Crippen LogP contribution in [0.2, 0.25) is 10.1 Å². The molecule has 2 N–H and O–H groups in total. The van der Waals surface area contributed by atoms with Crippen molar-refractivity contribution in [3.63, 3.8) is 0 Å². The highest BCUT2D eigenvalue weighted by atomic mass is 28.2. The van der Waals surface area contributed by atoms with Crippen LogP contribution in [-0.2, 0) is 21.7 Å². The molecule has 3 aromatic carbocycles. The van der Waals surface area contributed by atoms with Gasteiger partial charge in [-0.25, -0.2) is 0 Å². The van der Waals surface area contributed by atoms with Crippen molar-refractivity contribution >= 4 is 19.5 Å². The van der Waals surface area contributed by atoms with Crippen molar-refractivity contribution in [2.75, 3.05) is 19.8 Å². The average molecular weight is 942 g/mol. The molecule has 0 aromatic heterocycles. The van der Waals surface area contributed by atoms with Gasteiger partial charge in [0.1, 0.15) is 5.75 Å². The number of aliphatic hydroxyl groups is 2. The Morgan fingerprint density at radius 2 is 1.09 bits per heavy atom. The Morgan fingerprint density at radius 1 is 0.561 bits per heavy atom. The first-order valence-electron chi connectivity index (χ1n) is 26.8. The highest BCUT2D eigenvalue weighted by Crippen LogP contribution is 2.53. The second-order valence-corrected chi connectivity index (χ2v) is 29.6. The number of benzene rings is 3. The fourth-order valence-corrected chi connectivity index (χ4v) is 13.2. The maximum Gasteiger partial charge on any atom is 0.167 e. The molecule has 0 amide bonds. The Labute approximate surface area is 409 Å². The summed E-state index contributed by atoms with van der Waals surface area (Å²) in [7, 11) is -1.72. The van der Waals surface area contributed by atoms with Gasteiger partial charge in [-0.2, -0.15) is 0 Å². The Kier molecular flexibility index (Phi) is 20.3. The monoisotopic (exact) mass is 941 g/mol. The number of hydrogen-bond acceptors (Lipinski definition) is 5. The fraction of sp³-hybridized carbons (Fsp3) is 0.695. The van der Waals surface area contributed by atoms with E-state index in [2.05, 4.69) is 138 Å². The summed E-state index contributed by atoms with van der Waals surface area (Å²) < 4.78 is 21.5. The minimum Gasteiger partial charge on any atom is -0.493 e. The lowest BCUT2D eigenvalue weighted by Crippen LogP contribution is -2.61. The summed E-state index contributed by atoms with van der Waals surface area (Å²) in [6.45, 7) is 28.6. The zero-order valence-electron chi connectivity index (χ0n) is 44.3. The average Bonchev–Trinajstić information content (AvgIpc) is 4.13. The smallest absolute Gasteiger partial charge is 0.167 e. The van der Waals surface area contributed by atoms with E-state index in [0.717, 1.165) is 61.3 Å². The number of unbranched alkanes of at least 4 members (excludes halogenated alkanes) is 3. The highest BCUT2D eigenvalue weighted by Gasteiger charge is 2.56. The minimum atomic E-state index is -0.859. The molecular weight excluding hydrogens is 845 g/mol. The quantitative estimate of drug-likeness (QED) is 0.0589. The van der Waals surface area contributed by atoms with Crippen molar-refractivity contribution in [2.45, 2.75) is 232 Å². The van der Waals surface area contributed by atoms with Crippen LogP contribution in [0, 0.1) is 11.3 Å². The molecule has 0 spiro atoms. The van der Waals surface area contributed by atoms with E-state index in [1.54, 1.807) is 0 Å². The van der Waals surface area contributed by atoms with Crippen LogP contribution in [0.15, 0.2) is 54.6 Å². The van der Waals surface area contributed by atoms with Crippen molar-refractivity contribution in [3.05, 3.63) is 76.9 Å². The molecule has 3 aromatic rings. The largest absolute Gasteiger partial charge is 0.493 e. The third-order valence-electron chi connectivity index (χ3n) is 15.4. The maximum atomic E-state index is 10.2. The molecule has 0 heterocycles. The Bertz CT molecular complexity index is 1850. The molecule has 2 aliphatic carbocycles. The molecule has 0 saturated heterocycles. The van der Waals surface area contributed by atoms with Gasteiger partial charge in [0.25, 0.3) is 0 Å². The topological polar surface area (TPSA) is 68.2 Å². The van der Waals surface area contributed by atoms with Gasteiger partial charge in [-0.3, -0.25) is 0 Å². The molecule has 2 fully saturated rings. The SMILES string of the molecule is CCCCCC1CCC(c2ccc(-c3ccc(-c4cc(CCCO)c(OCCC(CCCC)(C(C)(C)O[SiH2]C(C)(C)C)C(C)(C)O[SiH2]C(C)(C)C)c(CCCO)c4)c(C4CC4)c3)cc2)CC1. The summed E-state index contributed by atoms with van der Waals surface area (Å²) >= 11 is 0. The molecule has 5 rings (SSSR count). The van der Waals surface area contributed by atoms with Gasteiger partial charge in [0.15, 0.2) is 19.5 Å². The lowest BCUT2D eigenvalue weighted by atomic mass is 9.59. The molecule has 0 bridgehead atoms. The zero-order valence-corrected chi connectivity index (χ0v) is 47.1. The van der Waals surface area contributed by atoms with E-state index in [9.17, 15) is 10.2 Å². The summed E-state index contributed by atoms with van der Waals surface area (Å²) in [6, 6.07) is 21.5. The number of ether oxygens (including phenoxy) is 1. The van der Waals surface area contributed by atoms with Gasteiger partial charge in [-0.15, -0.1) is 0 Å². The van der Waals surface area contributed by atoms with Gasteiger partial charge in [-0.1, -0.05) is 136 Å². The Balaban J connectivity index is 1.46. The minimum absolute atomic E-state index is 0.128. The van der Waals surface area contributed by atoms with Gasteiger partial charge < -0.3 is 23.8 Å². The zero-order chi connectivity index (χ0) is 48.2. The van der Waals surface area contributed by atoms with Gasteiger partial charge >= 0.3 is 0 Å². The highest BCUT2D eigenvalue weighted by molar-refractivity contribution is 6.32. The molecule has 66 heavy (non-hydrogen) atoms. The van der Waals surface area contributed by atoms with Gasteiger partial charge in [0, 0.05) is 18.6 Å². The van der Waals surface area contributed by atoms with Crippen LogP contribution in [0.25, 0.3) is 22.3 Å². The summed E-state index contributed by atoms with van der Waals surface area (Å²) in [4.78, 5) is 0. The predicted molar refractivity (Wildman–Crippen MR) is 288 cm³/mol. The van der Waals surface area contributed by atoms with Crippen molar-refractivity contribution in [2.24, 2.45) is 11.3 Å². The lowest BCUT2D eigenvalue weighted by Gasteiger charge is -2.57. The second-order valence-electron chi connectivity index (χ2n) is 24.2. The first-order chi connectivity index (χ1) is 31.3. The maximum absolute atomic E-state index is 10.2. The molecule has 0 unspecified atom stereocenters. The lowest BCUT2D eigenvalue weighted by molar-refractivity contribution is -0.158. The molecule has 0 atom stereocenters. The van der Waals surface area contributed by atoms with Crippen LogP contribution in [0.1, 0.15) is 220 Å². The molecule has 370 valence electrons. The van der Waals surface area contributed by atoms with Crippen LogP contribution in [0.5, 0.6) is 5.75 Å². The Morgan fingerprint density at radius 3 is 1.59 bits per heavy atom. The molecule has 0 radical (unpaired) electrons. The third-order valence-corrected chi connectivity index (χ3v) is 18.8. The molecule has 0 aliphatic heterocycles. The molecule has 2 saturated carbocycles. The summed E-state index contributed by atoms with van der Waals surface area (Å²) in [5.41, 5.74) is 9.23. The standard InChI is InChI=1S/C59H96O5Si2/c1-13-15-17-20-43-23-25-44(26-24-43)45-27-29-46(30-28-45)48-33-34-52(53(42-48)47-31-32-47)51-40-49(21-18-37-60)54(50(41-51)22-19-38-61)62-39-36-59(35-16-14-2,57(9,10)63-65-55(3,4)5)58(11,12)64-66-56(6,7)8/h27-30,33-34,40-44,47,60-61H,13-26,31-32,35-39,65-66H2,1-12H3. The number of rotatable bonds is 27. The van der Waals surface area contributed by atoms with Gasteiger partial charge in [0.05, 0.1) is 17.8 Å².